The van der Waals surface area contributed by atoms with Gasteiger partial charge in [-0.3, -0.25) is 29.8 Å². The summed E-state index contributed by atoms with van der Waals surface area (Å²) in [6, 6.07) is 4.92. The van der Waals surface area contributed by atoms with Crippen molar-refractivity contribution in [3.05, 3.63) is 91.5 Å². The van der Waals surface area contributed by atoms with Crippen LogP contribution in [0.25, 0.3) is 0 Å². The number of nitro groups is 2. The average Bonchev–Trinajstić information content (AvgIpc) is 2.59. The predicted octanol–water partition coefficient (Wildman–Crippen LogP) is 3.40. The summed E-state index contributed by atoms with van der Waals surface area (Å²) in [5, 5.41) is 21.3. The van der Waals surface area contributed by atoms with Crippen molar-refractivity contribution in [3.63, 3.8) is 0 Å². The number of nitro benzene ring substituents is 2. The molecule has 2 aromatic rings. The van der Waals surface area contributed by atoms with Gasteiger partial charge >= 0.3 is 11.4 Å². The summed E-state index contributed by atoms with van der Waals surface area (Å²) in [6.07, 6.45) is 1.54. The lowest BCUT2D eigenvalue weighted by atomic mass is 10.1. The van der Waals surface area contributed by atoms with Crippen molar-refractivity contribution in [2.45, 2.75) is 0 Å². The maximum Gasteiger partial charge on any atom is 0.305 e. The van der Waals surface area contributed by atoms with Gasteiger partial charge in [-0.25, -0.2) is 0 Å². The third-order valence-electron chi connectivity index (χ3n) is 3.24. The number of rotatable bonds is 6. The Balaban J connectivity index is 2.24. The van der Waals surface area contributed by atoms with E-state index < -0.39 is 44.4 Å². The van der Waals surface area contributed by atoms with E-state index >= 15 is 0 Å². The van der Waals surface area contributed by atoms with Crippen LogP contribution >= 0.6 is 0 Å². The van der Waals surface area contributed by atoms with Crippen LogP contribution in [0.15, 0.2) is 48.6 Å². The predicted molar refractivity (Wildman–Crippen MR) is 83.9 cm³/mol. The molecule has 0 atom stereocenters. The van der Waals surface area contributed by atoms with Crippen LogP contribution in [0.1, 0.15) is 20.7 Å². The fraction of sp³-hybridized carbons (Fsp3) is 0. The van der Waals surface area contributed by atoms with E-state index in [0.29, 0.717) is 0 Å². The van der Waals surface area contributed by atoms with E-state index in [2.05, 4.69) is 0 Å². The minimum absolute atomic E-state index is 0.229. The monoisotopic (exact) mass is 362 g/mol. The molecule has 0 radical (unpaired) electrons. The van der Waals surface area contributed by atoms with Gasteiger partial charge < -0.3 is 0 Å². The Kier molecular flexibility index (Phi) is 5.26. The Labute approximate surface area is 143 Å². The van der Waals surface area contributed by atoms with Crippen molar-refractivity contribution in [1.29, 1.82) is 0 Å². The van der Waals surface area contributed by atoms with Gasteiger partial charge in [-0.2, -0.15) is 8.78 Å². The molecule has 10 heteroatoms. The van der Waals surface area contributed by atoms with Gasteiger partial charge in [0.1, 0.15) is 0 Å². The topological polar surface area (TPSA) is 120 Å². The summed E-state index contributed by atoms with van der Waals surface area (Å²) in [5.41, 5.74) is -2.26. The summed E-state index contributed by atoms with van der Waals surface area (Å²) >= 11 is 0. The number of carbonyl (C=O) groups excluding carboxylic acids is 2. The first-order chi connectivity index (χ1) is 12.2. The SMILES string of the molecule is O=C(C=CC(=O)c1ccc(F)c([N+](=O)[O-])c1)c1ccc(F)c([N+](=O)[O-])c1. The van der Waals surface area contributed by atoms with E-state index in [1.807, 2.05) is 0 Å². The van der Waals surface area contributed by atoms with Gasteiger partial charge in [0, 0.05) is 23.3 Å². The first kappa shape index (κ1) is 18.5. The molecule has 0 aromatic heterocycles. The largest absolute Gasteiger partial charge is 0.305 e. The second kappa shape index (κ2) is 7.38. The zero-order valence-corrected chi connectivity index (χ0v) is 12.7. The fourth-order valence-electron chi connectivity index (χ4n) is 1.96. The Morgan fingerprint density at radius 1 is 0.769 bits per heavy atom. The summed E-state index contributed by atoms with van der Waals surface area (Å²) in [6.45, 7) is 0. The smallest absolute Gasteiger partial charge is 0.289 e. The molecule has 0 aliphatic rings. The van der Waals surface area contributed by atoms with E-state index in [4.69, 9.17) is 0 Å². The molecular weight excluding hydrogens is 354 g/mol. The highest BCUT2D eigenvalue weighted by Crippen LogP contribution is 2.20. The van der Waals surface area contributed by atoms with Gasteiger partial charge in [-0.1, -0.05) is 0 Å². The van der Waals surface area contributed by atoms with E-state index in [1.165, 1.54) is 0 Å². The van der Waals surface area contributed by atoms with Gasteiger partial charge in [0.2, 0.25) is 11.6 Å². The molecule has 0 heterocycles. The Morgan fingerprint density at radius 2 is 1.12 bits per heavy atom. The molecule has 0 N–H and O–H groups in total. The molecule has 0 aliphatic carbocycles. The normalized spacial score (nSPS) is 10.7. The third-order valence-corrected chi connectivity index (χ3v) is 3.24. The number of hydrogen-bond donors (Lipinski definition) is 0. The van der Waals surface area contributed by atoms with Crippen molar-refractivity contribution in [2.75, 3.05) is 0 Å². The fourth-order valence-corrected chi connectivity index (χ4v) is 1.96. The Bertz CT molecular complexity index is 894. The van der Waals surface area contributed by atoms with Crippen molar-refractivity contribution < 1.29 is 28.2 Å². The van der Waals surface area contributed by atoms with Crippen molar-refractivity contribution in [2.24, 2.45) is 0 Å². The molecule has 0 saturated heterocycles. The molecule has 0 amide bonds. The number of nitrogens with zero attached hydrogens (tertiary/aromatic N) is 2. The number of carbonyl (C=O) groups is 2. The molecule has 26 heavy (non-hydrogen) atoms. The van der Waals surface area contributed by atoms with Crippen molar-refractivity contribution in [1.82, 2.24) is 0 Å². The van der Waals surface area contributed by atoms with Crippen LogP contribution in [0, 0.1) is 31.9 Å². The van der Waals surface area contributed by atoms with Gasteiger partial charge in [0.25, 0.3) is 0 Å². The number of hydrogen-bond acceptors (Lipinski definition) is 6. The highest BCUT2D eigenvalue weighted by molar-refractivity contribution is 6.12. The minimum Gasteiger partial charge on any atom is -0.289 e. The van der Waals surface area contributed by atoms with Crippen LogP contribution in [0.4, 0.5) is 20.2 Å². The lowest BCUT2D eigenvalue weighted by Gasteiger charge is -1.99. The number of benzene rings is 2. The van der Waals surface area contributed by atoms with Crippen LogP contribution in [0.3, 0.4) is 0 Å². The minimum atomic E-state index is -1.12. The summed E-state index contributed by atoms with van der Waals surface area (Å²) < 4.78 is 26.5. The molecule has 0 aliphatic heterocycles. The van der Waals surface area contributed by atoms with Crippen molar-refractivity contribution >= 4 is 22.9 Å². The summed E-state index contributed by atoms with van der Waals surface area (Å²) in [4.78, 5) is 43.2. The second-order valence-corrected chi connectivity index (χ2v) is 4.91. The van der Waals surface area contributed by atoms with Crippen LogP contribution in [-0.4, -0.2) is 21.4 Å². The second-order valence-electron chi connectivity index (χ2n) is 4.91. The van der Waals surface area contributed by atoms with Gasteiger partial charge in [-0.15, -0.1) is 0 Å². The van der Waals surface area contributed by atoms with Gasteiger partial charge in [0.05, 0.1) is 9.85 Å². The molecule has 2 aromatic carbocycles. The maximum atomic E-state index is 13.2. The number of ketones is 2. The molecule has 0 bridgehead atoms. The number of allylic oxidation sites excluding steroid dienone is 2. The molecule has 0 fully saturated rings. The van der Waals surface area contributed by atoms with E-state index in [1.54, 1.807) is 0 Å². The Morgan fingerprint density at radius 3 is 1.42 bits per heavy atom. The third kappa shape index (κ3) is 3.98. The van der Waals surface area contributed by atoms with E-state index in [0.717, 1.165) is 48.6 Å². The van der Waals surface area contributed by atoms with Gasteiger partial charge in [-0.05, 0) is 36.4 Å². The molecule has 0 unspecified atom stereocenters. The zero-order chi connectivity index (χ0) is 19.4. The van der Waals surface area contributed by atoms with E-state index in [9.17, 15) is 38.6 Å². The quantitative estimate of drug-likeness (QED) is 0.336. The highest BCUT2D eigenvalue weighted by Gasteiger charge is 2.18. The Hall–Kier alpha value is -3.82. The maximum absolute atomic E-state index is 13.2. The lowest BCUT2D eigenvalue weighted by Crippen LogP contribution is -2.02. The van der Waals surface area contributed by atoms with Crippen LogP contribution < -0.4 is 0 Å². The molecule has 8 nitrogen and oxygen atoms in total. The summed E-state index contributed by atoms with van der Waals surface area (Å²) in [7, 11) is 0. The molecule has 0 spiro atoms. The van der Waals surface area contributed by atoms with Gasteiger partial charge in [0.15, 0.2) is 11.6 Å². The summed E-state index contributed by atoms with van der Waals surface area (Å²) in [5.74, 6) is -3.88. The van der Waals surface area contributed by atoms with E-state index in [-0.39, 0.29) is 11.1 Å². The van der Waals surface area contributed by atoms with Crippen LogP contribution in [0.5, 0.6) is 0 Å². The average molecular weight is 362 g/mol. The molecule has 132 valence electrons. The lowest BCUT2D eigenvalue weighted by molar-refractivity contribution is -0.387. The van der Waals surface area contributed by atoms with Crippen molar-refractivity contribution in [3.8, 4) is 0 Å². The first-order valence-corrected chi connectivity index (χ1v) is 6.85. The number of halogens is 2. The molecule has 2 rings (SSSR count). The standard InChI is InChI=1S/C16H8F2N2O6/c17-11-3-1-9(7-13(11)19(23)24)15(21)5-6-16(22)10-2-4-12(18)14(8-10)20(25)26/h1-8H. The first-order valence-electron chi connectivity index (χ1n) is 6.85. The highest BCUT2D eigenvalue weighted by atomic mass is 19.1. The van der Waals surface area contributed by atoms with Crippen LogP contribution in [-0.2, 0) is 0 Å². The zero-order valence-electron chi connectivity index (χ0n) is 12.7. The molecule has 0 saturated carbocycles. The molecular formula is C16H8F2N2O6. The van der Waals surface area contributed by atoms with Crippen LogP contribution in [0.2, 0.25) is 0 Å².